The van der Waals surface area contributed by atoms with E-state index in [1.54, 1.807) is 7.05 Å². The van der Waals surface area contributed by atoms with Crippen molar-refractivity contribution >= 4 is 6.03 Å². The summed E-state index contributed by atoms with van der Waals surface area (Å²) in [6.45, 7) is 1.73. The molecule has 1 N–H and O–H groups in total. The first-order chi connectivity index (χ1) is 5.65. The van der Waals surface area contributed by atoms with Crippen molar-refractivity contribution in [3.63, 3.8) is 0 Å². The van der Waals surface area contributed by atoms with E-state index in [-0.39, 0.29) is 6.03 Å². The molecule has 4 heteroatoms. The zero-order valence-corrected chi connectivity index (χ0v) is 8.00. The second kappa shape index (κ2) is 3.76. The Bertz CT molecular complexity index is 170. The van der Waals surface area contributed by atoms with Gasteiger partial charge in [0.25, 0.3) is 0 Å². The smallest absolute Gasteiger partial charge is 0.317 e. The van der Waals surface area contributed by atoms with Crippen LogP contribution in [-0.2, 0) is 0 Å². The summed E-state index contributed by atoms with van der Waals surface area (Å²) in [5.74, 6) is 0. The predicted octanol–water partition coefficient (Wildman–Crippen LogP) is -0.0383. The third kappa shape index (κ3) is 1.88. The fourth-order valence-corrected chi connectivity index (χ4v) is 1.51. The summed E-state index contributed by atoms with van der Waals surface area (Å²) >= 11 is 0. The van der Waals surface area contributed by atoms with E-state index in [9.17, 15) is 4.79 Å². The molecule has 0 spiro atoms. The Hall–Kier alpha value is -0.770. The quantitative estimate of drug-likeness (QED) is 0.601. The van der Waals surface area contributed by atoms with Gasteiger partial charge < -0.3 is 15.1 Å². The van der Waals surface area contributed by atoms with Crippen LogP contribution in [0.5, 0.6) is 0 Å². The van der Waals surface area contributed by atoms with E-state index in [2.05, 4.69) is 24.3 Å². The van der Waals surface area contributed by atoms with Crippen molar-refractivity contribution in [3.05, 3.63) is 0 Å². The second-order valence-electron chi connectivity index (χ2n) is 3.41. The SMILES string of the molecule is CNC(=O)N1CC[C@H](N(C)C)C1. The minimum Gasteiger partial charge on any atom is -0.341 e. The van der Waals surface area contributed by atoms with Crippen LogP contribution < -0.4 is 5.32 Å². The molecule has 0 saturated carbocycles. The number of carbonyl (C=O) groups excluding carboxylic acids is 1. The van der Waals surface area contributed by atoms with Crippen LogP contribution in [0, 0.1) is 0 Å². The third-order valence-electron chi connectivity index (χ3n) is 2.39. The first kappa shape index (κ1) is 9.32. The maximum Gasteiger partial charge on any atom is 0.317 e. The normalized spacial score (nSPS) is 23.3. The van der Waals surface area contributed by atoms with Gasteiger partial charge in [0.1, 0.15) is 0 Å². The Labute approximate surface area is 73.5 Å². The Kier molecular flexibility index (Phi) is 2.92. The molecule has 0 unspecified atom stereocenters. The van der Waals surface area contributed by atoms with Gasteiger partial charge in [-0.2, -0.15) is 0 Å². The predicted molar refractivity (Wildman–Crippen MR) is 48.1 cm³/mol. The molecule has 0 aromatic rings. The number of rotatable bonds is 1. The molecular formula is C8H17N3O. The lowest BCUT2D eigenvalue weighted by Gasteiger charge is -2.19. The Morgan fingerprint density at radius 1 is 1.58 bits per heavy atom. The van der Waals surface area contributed by atoms with Crippen molar-refractivity contribution < 1.29 is 4.79 Å². The number of nitrogens with zero attached hydrogens (tertiary/aromatic N) is 2. The molecule has 1 rings (SSSR count). The van der Waals surface area contributed by atoms with Crippen LogP contribution in [0.4, 0.5) is 4.79 Å². The zero-order chi connectivity index (χ0) is 9.14. The summed E-state index contributed by atoms with van der Waals surface area (Å²) in [6.07, 6.45) is 1.08. The summed E-state index contributed by atoms with van der Waals surface area (Å²) in [7, 11) is 5.78. The van der Waals surface area contributed by atoms with Gasteiger partial charge in [0.2, 0.25) is 0 Å². The van der Waals surface area contributed by atoms with E-state index < -0.39 is 0 Å². The molecule has 1 heterocycles. The number of amides is 2. The summed E-state index contributed by atoms with van der Waals surface area (Å²) in [5, 5.41) is 2.63. The molecule has 2 amide bonds. The van der Waals surface area contributed by atoms with Crippen molar-refractivity contribution in [1.29, 1.82) is 0 Å². The Morgan fingerprint density at radius 2 is 2.25 bits per heavy atom. The van der Waals surface area contributed by atoms with Crippen LogP contribution in [-0.4, -0.2) is 56.1 Å². The molecule has 1 atom stereocenters. The molecule has 12 heavy (non-hydrogen) atoms. The first-order valence-corrected chi connectivity index (χ1v) is 4.28. The van der Waals surface area contributed by atoms with Crippen molar-refractivity contribution in [2.75, 3.05) is 34.2 Å². The summed E-state index contributed by atoms with van der Waals surface area (Å²) in [5.41, 5.74) is 0. The summed E-state index contributed by atoms with van der Waals surface area (Å²) in [6, 6.07) is 0.571. The number of carbonyl (C=O) groups is 1. The van der Waals surface area contributed by atoms with Gasteiger partial charge in [-0.25, -0.2) is 4.79 Å². The topological polar surface area (TPSA) is 35.6 Å². The fraction of sp³-hybridized carbons (Fsp3) is 0.875. The molecule has 1 aliphatic heterocycles. The standard InChI is InChI=1S/C8H17N3O/c1-9-8(12)11-5-4-7(6-11)10(2)3/h7H,4-6H2,1-3H3,(H,9,12)/t7-/m0/s1. The molecule has 1 aliphatic rings. The largest absolute Gasteiger partial charge is 0.341 e. The first-order valence-electron chi connectivity index (χ1n) is 4.28. The van der Waals surface area contributed by atoms with E-state index in [0.717, 1.165) is 19.5 Å². The van der Waals surface area contributed by atoms with Crippen LogP contribution >= 0.6 is 0 Å². The van der Waals surface area contributed by atoms with Gasteiger partial charge in [-0.3, -0.25) is 0 Å². The van der Waals surface area contributed by atoms with Crippen LogP contribution in [0.2, 0.25) is 0 Å². The number of nitrogens with one attached hydrogen (secondary N) is 1. The average molecular weight is 171 g/mol. The lowest BCUT2D eigenvalue weighted by molar-refractivity contribution is 0.205. The molecule has 0 aromatic heterocycles. The number of hydrogen-bond acceptors (Lipinski definition) is 2. The van der Waals surface area contributed by atoms with Crippen molar-refractivity contribution in [2.45, 2.75) is 12.5 Å². The van der Waals surface area contributed by atoms with Gasteiger partial charge in [-0.05, 0) is 20.5 Å². The zero-order valence-electron chi connectivity index (χ0n) is 8.00. The molecule has 70 valence electrons. The lowest BCUT2D eigenvalue weighted by Crippen LogP contribution is -2.39. The summed E-state index contributed by atoms with van der Waals surface area (Å²) in [4.78, 5) is 15.2. The third-order valence-corrected chi connectivity index (χ3v) is 2.39. The van der Waals surface area contributed by atoms with E-state index in [4.69, 9.17) is 0 Å². The highest BCUT2D eigenvalue weighted by Crippen LogP contribution is 2.12. The number of likely N-dealkylation sites (tertiary alicyclic amines) is 1. The van der Waals surface area contributed by atoms with Crippen molar-refractivity contribution in [2.24, 2.45) is 0 Å². The molecule has 0 bridgehead atoms. The van der Waals surface area contributed by atoms with Crippen LogP contribution in [0.1, 0.15) is 6.42 Å². The van der Waals surface area contributed by atoms with Crippen LogP contribution in [0.3, 0.4) is 0 Å². The van der Waals surface area contributed by atoms with Crippen molar-refractivity contribution in [3.8, 4) is 0 Å². The highest BCUT2D eigenvalue weighted by atomic mass is 16.2. The van der Waals surface area contributed by atoms with Gasteiger partial charge in [-0.1, -0.05) is 0 Å². The highest BCUT2D eigenvalue weighted by Gasteiger charge is 2.26. The molecule has 1 fully saturated rings. The van der Waals surface area contributed by atoms with Crippen LogP contribution in [0.25, 0.3) is 0 Å². The molecule has 0 aliphatic carbocycles. The fourth-order valence-electron chi connectivity index (χ4n) is 1.51. The second-order valence-corrected chi connectivity index (χ2v) is 3.41. The van der Waals surface area contributed by atoms with E-state index in [1.165, 1.54) is 0 Å². The lowest BCUT2D eigenvalue weighted by atomic mass is 10.2. The van der Waals surface area contributed by atoms with Crippen molar-refractivity contribution in [1.82, 2.24) is 15.1 Å². The maximum atomic E-state index is 11.2. The van der Waals surface area contributed by atoms with Gasteiger partial charge >= 0.3 is 6.03 Å². The van der Waals surface area contributed by atoms with E-state index >= 15 is 0 Å². The highest BCUT2D eigenvalue weighted by molar-refractivity contribution is 5.74. The monoisotopic (exact) mass is 171 g/mol. The van der Waals surface area contributed by atoms with Gasteiger partial charge in [0.05, 0.1) is 0 Å². The Morgan fingerprint density at radius 3 is 2.67 bits per heavy atom. The minimum absolute atomic E-state index is 0.0411. The molecule has 0 aromatic carbocycles. The van der Waals surface area contributed by atoms with Gasteiger partial charge in [0, 0.05) is 26.2 Å². The average Bonchev–Trinajstić information content (AvgIpc) is 2.51. The molecular weight excluding hydrogens is 154 g/mol. The molecule has 1 saturated heterocycles. The van der Waals surface area contributed by atoms with Gasteiger partial charge in [0.15, 0.2) is 0 Å². The molecule has 4 nitrogen and oxygen atoms in total. The summed E-state index contributed by atoms with van der Waals surface area (Å²) < 4.78 is 0. The maximum absolute atomic E-state index is 11.2. The minimum atomic E-state index is 0.0411. The van der Waals surface area contributed by atoms with Crippen LogP contribution in [0.15, 0.2) is 0 Å². The number of likely N-dealkylation sites (N-methyl/N-ethyl adjacent to an activating group) is 1. The van der Waals surface area contributed by atoms with E-state index in [0.29, 0.717) is 6.04 Å². The number of hydrogen-bond donors (Lipinski definition) is 1. The van der Waals surface area contributed by atoms with Gasteiger partial charge in [-0.15, -0.1) is 0 Å². The van der Waals surface area contributed by atoms with E-state index in [1.807, 2.05) is 4.90 Å². The number of urea groups is 1. The molecule has 0 radical (unpaired) electrons. The Balaban J connectivity index is 2.40.